The van der Waals surface area contributed by atoms with E-state index in [9.17, 15) is 5.11 Å². The van der Waals surface area contributed by atoms with Crippen LogP contribution in [0.1, 0.15) is 47.2 Å². The zero-order chi connectivity index (χ0) is 17.2. The van der Waals surface area contributed by atoms with E-state index in [2.05, 4.69) is 9.38 Å². The van der Waals surface area contributed by atoms with Crippen molar-refractivity contribution in [3.05, 3.63) is 58.4 Å². The number of imidazole rings is 1. The summed E-state index contributed by atoms with van der Waals surface area (Å²) in [5.41, 5.74) is 3.24. The molecule has 2 heterocycles. The van der Waals surface area contributed by atoms with E-state index in [1.54, 1.807) is 24.6 Å². The Hall–Kier alpha value is -2.11. The summed E-state index contributed by atoms with van der Waals surface area (Å²) in [6.07, 6.45) is 10.9. The molecule has 0 aliphatic heterocycles. The van der Waals surface area contributed by atoms with Crippen molar-refractivity contribution in [1.29, 1.82) is 0 Å². The van der Waals surface area contributed by atoms with Gasteiger partial charge in [0.15, 0.2) is 4.96 Å². The van der Waals surface area contributed by atoms with Crippen LogP contribution in [-0.2, 0) is 12.8 Å². The van der Waals surface area contributed by atoms with Crippen molar-refractivity contribution in [2.24, 2.45) is 0 Å². The number of aryl methyl sites for hydroxylation is 2. The van der Waals surface area contributed by atoms with Gasteiger partial charge in [-0.25, -0.2) is 4.98 Å². The molecule has 0 spiro atoms. The lowest BCUT2D eigenvalue weighted by atomic mass is 10.1. The lowest BCUT2D eigenvalue weighted by Crippen LogP contribution is -2.02. The van der Waals surface area contributed by atoms with Gasteiger partial charge in [0, 0.05) is 10.6 Å². The fraction of sp³-hybridized carbons (Fsp3) is 0.350. The Morgan fingerprint density at radius 2 is 2.00 bits per heavy atom. The van der Waals surface area contributed by atoms with Crippen LogP contribution in [0, 0.1) is 0 Å². The molecule has 4 rings (SSSR count). The van der Waals surface area contributed by atoms with Gasteiger partial charge in [-0.05, 0) is 49.5 Å². The zero-order valence-electron chi connectivity index (χ0n) is 14.3. The number of aliphatic hydroxyl groups excluding tert-OH is 1. The van der Waals surface area contributed by atoms with Crippen LogP contribution in [0.25, 0.3) is 11.0 Å². The van der Waals surface area contributed by atoms with Crippen LogP contribution < -0.4 is 4.74 Å². The van der Waals surface area contributed by atoms with E-state index in [1.807, 2.05) is 36.4 Å². The van der Waals surface area contributed by atoms with Crippen LogP contribution in [0.4, 0.5) is 0 Å². The number of aliphatic hydroxyl groups is 1. The van der Waals surface area contributed by atoms with E-state index in [0.717, 1.165) is 34.8 Å². The standard InChI is InChI=1S/C20H22N2O2S/c1-24-15-10-7-14(8-11-15)9-12-18(23)17-13-21-20-22(17)16-5-3-2-4-6-19(16)25-20/h7-13,18,23H,2-6H2,1H3/b12-9+. The molecular formula is C20H22N2O2S. The van der Waals surface area contributed by atoms with Crippen molar-refractivity contribution in [3.63, 3.8) is 0 Å². The molecule has 1 aliphatic carbocycles. The first-order chi connectivity index (χ1) is 12.3. The van der Waals surface area contributed by atoms with Gasteiger partial charge in [0.1, 0.15) is 11.9 Å². The zero-order valence-corrected chi connectivity index (χ0v) is 15.1. The molecule has 1 aliphatic rings. The minimum atomic E-state index is -0.668. The summed E-state index contributed by atoms with van der Waals surface area (Å²) in [4.78, 5) is 6.96. The second kappa shape index (κ2) is 7.02. The van der Waals surface area contributed by atoms with E-state index in [1.165, 1.54) is 29.8 Å². The first kappa shape index (κ1) is 16.4. The minimum Gasteiger partial charge on any atom is -0.497 e. The summed E-state index contributed by atoms with van der Waals surface area (Å²) in [5.74, 6) is 0.830. The maximum Gasteiger partial charge on any atom is 0.194 e. The number of aromatic nitrogens is 2. The van der Waals surface area contributed by atoms with Gasteiger partial charge in [0.2, 0.25) is 0 Å². The number of fused-ring (bicyclic) bond motifs is 3. The van der Waals surface area contributed by atoms with Crippen molar-refractivity contribution in [2.45, 2.75) is 38.2 Å². The fourth-order valence-electron chi connectivity index (χ4n) is 3.41. The molecule has 5 heteroatoms. The third-order valence-corrected chi connectivity index (χ3v) is 5.93. The number of nitrogens with zero attached hydrogens (tertiary/aromatic N) is 2. The normalized spacial score (nSPS) is 16.1. The van der Waals surface area contributed by atoms with Gasteiger partial charge in [0.05, 0.1) is 19.0 Å². The third kappa shape index (κ3) is 3.22. The molecule has 25 heavy (non-hydrogen) atoms. The number of hydrogen-bond donors (Lipinski definition) is 1. The average molecular weight is 354 g/mol. The van der Waals surface area contributed by atoms with Crippen LogP contribution in [0.2, 0.25) is 0 Å². The van der Waals surface area contributed by atoms with E-state index in [0.29, 0.717) is 0 Å². The second-order valence-corrected chi connectivity index (χ2v) is 7.47. The summed E-state index contributed by atoms with van der Waals surface area (Å²) in [5, 5.41) is 10.7. The van der Waals surface area contributed by atoms with Gasteiger partial charge in [0.25, 0.3) is 0 Å². The summed E-state index contributed by atoms with van der Waals surface area (Å²) in [6, 6.07) is 7.79. The molecule has 0 fully saturated rings. The molecule has 0 amide bonds. The summed E-state index contributed by atoms with van der Waals surface area (Å²) in [6.45, 7) is 0. The van der Waals surface area contributed by atoms with Crippen molar-refractivity contribution >= 4 is 22.4 Å². The maximum atomic E-state index is 10.7. The van der Waals surface area contributed by atoms with Gasteiger partial charge < -0.3 is 9.84 Å². The van der Waals surface area contributed by atoms with E-state index >= 15 is 0 Å². The SMILES string of the molecule is COc1ccc(/C=C/C(O)c2cnc3sc4c(n23)CCCCC4)cc1. The first-order valence-electron chi connectivity index (χ1n) is 8.74. The third-order valence-electron chi connectivity index (χ3n) is 4.77. The minimum absolute atomic E-state index is 0.668. The molecule has 1 aromatic carbocycles. The van der Waals surface area contributed by atoms with Crippen molar-refractivity contribution in [2.75, 3.05) is 7.11 Å². The molecule has 1 unspecified atom stereocenters. The molecule has 2 aromatic heterocycles. The predicted octanol–water partition coefficient (Wildman–Crippen LogP) is 4.42. The van der Waals surface area contributed by atoms with Crippen LogP contribution in [-0.4, -0.2) is 21.6 Å². The smallest absolute Gasteiger partial charge is 0.194 e. The summed E-state index contributed by atoms with van der Waals surface area (Å²) < 4.78 is 7.35. The van der Waals surface area contributed by atoms with Crippen LogP contribution in [0.15, 0.2) is 36.5 Å². The molecule has 0 saturated carbocycles. The van der Waals surface area contributed by atoms with Gasteiger partial charge in [-0.3, -0.25) is 4.40 Å². The van der Waals surface area contributed by atoms with Crippen molar-refractivity contribution in [3.8, 4) is 5.75 Å². The Morgan fingerprint density at radius 3 is 2.80 bits per heavy atom. The maximum absolute atomic E-state index is 10.7. The lowest BCUT2D eigenvalue weighted by Gasteiger charge is -2.08. The average Bonchev–Trinajstić information content (AvgIpc) is 3.12. The van der Waals surface area contributed by atoms with E-state index < -0.39 is 6.10 Å². The fourth-order valence-corrected chi connectivity index (χ4v) is 4.60. The monoisotopic (exact) mass is 354 g/mol. The molecule has 0 bridgehead atoms. The Labute approximate surface area is 151 Å². The molecular weight excluding hydrogens is 332 g/mol. The van der Waals surface area contributed by atoms with Gasteiger partial charge >= 0.3 is 0 Å². The van der Waals surface area contributed by atoms with E-state index in [4.69, 9.17) is 4.74 Å². The highest BCUT2D eigenvalue weighted by Crippen LogP contribution is 2.32. The topological polar surface area (TPSA) is 46.8 Å². The molecule has 4 nitrogen and oxygen atoms in total. The highest BCUT2D eigenvalue weighted by Gasteiger charge is 2.20. The number of methoxy groups -OCH3 is 1. The Balaban J connectivity index is 1.62. The van der Waals surface area contributed by atoms with Crippen molar-refractivity contribution < 1.29 is 9.84 Å². The number of thiazole rings is 1. The molecule has 3 aromatic rings. The summed E-state index contributed by atoms with van der Waals surface area (Å²) >= 11 is 1.77. The Morgan fingerprint density at radius 1 is 1.20 bits per heavy atom. The second-order valence-electron chi connectivity index (χ2n) is 6.41. The number of benzene rings is 1. The molecule has 0 radical (unpaired) electrons. The highest BCUT2D eigenvalue weighted by atomic mass is 32.1. The molecule has 0 saturated heterocycles. The number of rotatable bonds is 4. The van der Waals surface area contributed by atoms with Crippen molar-refractivity contribution in [1.82, 2.24) is 9.38 Å². The van der Waals surface area contributed by atoms with Crippen LogP contribution in [0.3, 0.4) is 0 Å². The van der Waals surface area contributed by atoms with Crippen LogP contribution in [0.5, 0.6) is 5.75 Å². The van der Waals surface area contributed by atoms with Gasteiger partial charge in [-0.2, -0.15) is 0 Å². The van der Waals surface area contributed by atoms with Gasteiger partial charge in [-0.15, -0.1) is 11.3 Å². The first-order valence-corrected chi connectivity index (χ1v) is 9.56. The summed E-state index contributed by atoms with van der Waals surface area (Å²) in [7, 11) is 1.66. The molecule has 1 atom stereocenters. The number of hydrogen-bond acceptors (Lipinski definition) is 4. The van der Waals surface area contributed by atoms with Gasteiger partial charge in [-0.1, -0.05) is 24.6 Å². The number of ether oxygens (including phenoxy) is 1. The Kier molecular flexibility index (Phi) is 4.59. The molecule has 130 valence electrons. The Bertz CT molecular complexity index is 892. The highest BCUT2D eigenvalue weighted by molar-refractivity contribution is 7.17. The van der Waals surface area contributed by atoms with E-state index in [-0.39, 0.29) is 0 Å². The molecule has 1 N–H and O–H groups in total. The predicted molar refractivity (Wildman–Crippen MR) is 101 cm³/mol. The largest absolute Gasteiger partial charge is 0.497 e. The van der Waals surface area contributed by atoms with Crippen LogP contribution >= 0.6 is 11.3 Å². The quantitative estimate of drug-likeness (QED) is 0.706. The lowest BCUT2D eigenvalue weighted by molar-refractivity contribution is 0.223.